The van der Waals surface area contributed by atoms with E-state index in [9.17, 15) is 9.59 Å². The van der Waals surface area contributed by atoms with Crippen molar-refractivity contribution in [1.29, 1.82) is 0 Å². The molecule has 0 radical (unpaired) electrons. The van der Waals surface area contributed by atoms with E-state index >= 15 is 0 Å². The van der Waals surface area contributed by atoms with Crippen LogP contribution < -0.4 is 5.32 Å². The van der Waals surface area contributed by atoms with E-state index in [0.29, 0.717) is 12.8 Å². The molecule has 2 unspecified atom stereocenters. The van der Waals surface area contributed by atoms with Gasteiger partial charge >= 0.3 is 5.97 Å². The molecule has 21 heavy (non-hydrogen) atoms. The average Bonchev–Trinajstić information content (AvgIpc) is 2.93. The first-order valence-electron chi connectivity index (χ1n) is 7.23. The third-order valence-electron chi connectivity index (χ3n) is 3.92. The molecule has 1 saturated carbocycles. The number of hydrogen-bond donors (Lipinski definition) is 2. The first-order chi connectivity index (χ1) is 10.1. The Bertz CT molecular complexity index is 498. The van der Waals surface area contributed by atoms with Crippen LogP contribution in [-0.4, -0.2) is 36.2 Å². The van der Waals surface area contributed by atoms with Gasteiger partial charge in [-0.3, -0.25) is 4.79 Å². The van der Waals surface area contributed by atoms with E-state index in [2.05, 4.69) is 5.32 Å². The predicted octanol–water partition coefficient (Wildman–Crippen LogP) is 2.00. The number of hydrogen-bond acceptors (Lipinski definition) is 3. The van der Waals surface area contributed by atoms with Crippen LogP contribution in [0.2, 0.25) is 0 Å². The second-order valence-electron chi connectivity index (χ2n) is 5.44. The van der Waals surface area contributed by atoms with E-state index in [-0.39, 0.29) is 23.6 Å². The predicted molar refractivity (Wildman–Crippen MR) is 78.3 cm³/mol. The van der Waals surface area contributed by atoms with Gasteiger partial charge in [0.2, 0.25) is 5.91 Å². The van der Waals surface area contributed by atoms with E-state index in [1.807, 2.05) is 0 Å². The Morgan fingerprint density at radius 3 is 2.57 bits per heavy atom. The highest BCUT2D eigenvalue weighted by Crippen LogP contribution is 2.21. The highest BCUT2D eigenvalue weighted by molar-refractivity contribution is 5.87. The lowest BCUT2D eigenvalue weighted by Crippen LogP contribution is -2.33. The van der Waals surface area contributed by atoms with Gasteiger partial charge in [-0.2, -0.15) is 0 Å². The minimum Gasteiger partial charge on any atom is -0.478 e. The summed E-state index contributed by atoms with van der Waals surface area (Å²) in [4.78, 5) is 22.6. The van der Waals surface area contributed by atoms with Crippen molar-refractivity contribution in [2.75, 3.05) is 7.11 Å². The largest absolute Gasteiger partial charge is 0.478 e. The number of aromatic carboxylic acids is 1. The summed E-state index contributed by atoms with van der Waals surface area (Å²) in [5, 5.41) is 11.9. The van der Waals surface area contributed by atoms with Crippen LogP contribution in [0.1, 0.15) is 41.6 Å². The quantitative estimate of drug-likeness (QED) is 0.840. The molecule has 0 bridgehead atoms. The third-order valence-corrected chi connectivity index (χ3v) is 3.92. The van der Waals surface area contributed by atoms with Gasteiger partial charge in [0.05, 0.1) is 11.7 Å². The summed E-state index contributed by atoms with van der Waals surface area (Å²) in [5.41, 5.74) is 1.23. The molecule has 0 aliphatic heterocycles. The van der Waals surface area contributed by atoms with E-state index < -0.39 is 5.97 Å². The van der Waals surface area contributed by atoms with Crippen LogP contribution in [0.25, 0.3) is 0 Å². The summed E-state index contributed by atoms with van der Waals surface area (Å²) < 4.78 is 5.28. The van der Waals surface area contributed by atoms with Gasteiger partial charge in [0, 0.05) is 19.6 Å². The third kappa shape index (κ3) is 4.56. The number of aryl methyl sites for hydroxylation is 1. The molecular formula is C16H21NO4. The first kappa shape index (κ1) is 15.5. The maximum Gasteiger partial charge on any atom is 0.335 e. The van der Waals surface area contributed by atoms with Crippen molar-refractivity contribution in [1.82, 2.24) is 5.32 Å². The fourth-order valence-electron chi connectivity index (χ4n) is 2.66. The van der Waals surface area contributed by atoms with Crippen LogP contribution in [-0.2, 0) is 16.0 Å². The van der Waals surface area contributed by atoms with Crippen molar-refractivity contribution in [2.45, 2.75) is 44.2 Å². The molecule has 114 valence electrons. The summed E-state index contributed by atoms with van der Waals surface area (Å²) in [6.45, 7) is 0. The summed E-state index contributed by atoms with van der Waals surface area (Å²) in [6.07, 6.45) is 4.15. The van der Waals surface area contributed by atoms with Crippen molar-refractivity contribution >= 4 is 11.9 Å². The first-order valence-corrected chi connectivity index (χ1v) is 7.23. The molecule has 0 saturated heterocycles. The van der Waals surface area contributed by atoms with Crippen LogP contribution in [0.3, 0.4) is 0 Å². The molecule has 2 rings (SSSR count). The van der Waals surface area contributed by atoms with Gasteiger partial charge < -0.3 is 15.2 Å². The molecule has 0 heterocycles. The molecule has 1 aliphatic carbocycles. The number of rotatable bonds is 6. The highest BCUT2D eigenvalue weighted by Gasteiger charge is 2.25. The average molecular weight is 291 g/mol. The number of carbonyl (C=O) groups excluding carboxylic acids is 1. The van der Waals surface area contributed by atoms with Gasteiger partial charge in [0.15, 0.2) is 0 Å². The second-order valence-corrected chi connectivity index (χ2v) is 5.44. The smallest absolute Gasteiger partial charge is 0.335 e. The molecule has 1 aliphatic rings. The summed E-state index contributed by atoms with van der Waals surface area (Å²) >= 11 is 0. The number of amides is 1. The molecule has 1 amide bonds. The molecule has 2 atom stereocenters. The maximum absolute atomic E-state index is 11.9. The molecule has 1 aromatic rings. The molecule has 2 N–H and O–H groups in total. The zero-order valence-corrected chi connectivity index (χ0v) is 12.2. The zero-order valence-electron chi connectivity index (χ0n) is 12.2. The lowest BCUT2D eigenvalue weighted by molar-refractivity contribution is -0.121. The van der Waals surface area contributed by atoms with Gasteiger partial charge in [-0.1, -0.05) is 12.1 Å². The van der Waals surface area contributed by atoms with E-state index in [1.54, 1.807) is 31.4 Å². The van der Waals surface area contributed by atoms with Gasteiger partial charge in [-0.25, -0.2) is 4.79 Å². The molecule has 0 aromatic heterocycles. The van der Waals surface area contributed by atoms with Crippen molar-refractivity contribution in [3.63, 3.8) is 0 Å². The number of carboxylic acids is 1. The molecule has 1 aromatic carbocycles. The number of nitrogens with one attached hydrogen (secondary N) is 1. The number of ether oxygens (including phenoxy) is 1. The molecule has 0 spiro atoms. The van der Waals surface area contributed by atoms with E-state index in [0.717, 1.165) is 24.8 Å². The Kier molecular flexibility index (Phi) is 5.33. The van der Waals surface area contributed by atoms with Crippen molar-refractivity contribution < 1.29 is 19.4 Å². The number of carboxylic acid groups (broad SMARTS) is 1. The van der Waals surface area contributed by atoms with Gasteiger partial charge in [0.25, 0.3) is 0 Å². The summed E-state index contributed by atoms with van der Waals surface area (Å²) in [6, 6.07) is 6.86. The molecule has 1 fully saturated rings. The van der Waals surface area contributed by atoms with Crippen molar-refractivity contribution in [3.8, 4) is 0 Å². The Balaban J connectivity index is 1.75. The summed E-state index contributed by atoms with van der Waals surface area (Å²) in [5.74, 6) is -0.896. The van der Waals surface area contributed by atoms with Gasteiger partial charge in [-0.05, 0) is 43.4 Å². The van der Waals surface area contributed by atoms with Gasteiger partial charge in [-0.15, -0.1) is 0 Å². The Morgan fingerprint density at radius 1 is 1.29 bits per heavy atom. The number of carbonyl (C=O) groups is 2. The minimum absolute atomic E-state index is 0.0408. The summed E-state index contributed by atoms with van der Waals surface area (Å²) in [7, 11) is 1.70. The molecular weight excluding hydrogens is 270 g/mol. The standard InChI is InChI=1S/C16H21NO4/c1-21-14-8-7-13(10-14)17-15(18)9-4-11-2-5-12(6-3-11)16(19)20/h2-3,5-6,13-14H,4,7-10H2,1H3,(H,17,18)(H,19,20). The van der Waals surface area contributed by atoms with Crippen LogP contribution in [0.5, 0.6) is 0 Å². The van der Waals surface area contributed by atoms with Crippen LogP contribution in [0.15, 0.2) is 24.3 Å². The maximum atomic E-state index is 11.9. The fourth-order valence-corrected chi connectivity index (χ4v) is 2.66. The van der Waals surface area contributed by atoms with Crippen molar-refractivity contribution in [3.05, 3.63) is 35.4 Å². The highest BCUT2D eigenvalue weighted by atomic mass is 16.5. The minimum atomic E-state index is -0.937. The molecule has 5 heteroatoms. The normalized spacial score (nSPS) is 21.2. The van der Waals surface area contributed by atoms with Crippen LogP contribution in [0.4, 0.5) is 0 Å². The second kappa shape index (κ2) is 7.22. The van der Waals surface area contributed by atoms with Gasteiger partial charge in [0.1, 0.15) is 0 Å². The Morgan fingerprint density at radius 2 is 2.00 bits per heavy atom. The number of benzene rings is 1. The zero-order chi connectivity index (χ0) is 15.2. The topological polar surface area (TPSA) is 75.6 Å². The van der Waals surface area contributed by atoms with E-state index in [1.165, 1.54) is 0 Å². The lowest BCUT2D eigenvalue weighted by Gasteiger charge is -2.13. The monoisotopic (exact) mass is 291 g/mol. The Labute approximate surface area is 124 Å². The lowest BCUT2D eigenvalue weighted by atomic mass is 10.1. The van der Waals surface area contributed by atoms with Crippen LogP contribution >= 0.6 is 0 Å². The van der Waals surface area contributed by atoms with E-state index in [4.69, 9.17) is 9.84 Å². The SMILES string of the molecule is COC1CCC(NC(=O)CCc2ccc(C(=O)O)cc2)C1. The Hall–Kier alpha value is -1.88. The fraction of sp³-hybridized carbons (Fsp3) is 0.500. The van der Waals surface area contributed by atoms with Crippen LogP contribution in [0, 0.1) is 0 Å². The molecule has 5 nitrogen and oxygen atoms in total. The number of methoxy groups -OCH3 is 1. The van der Waals surface area contributed by atoms with Crippen molar-refractivity contribution in [2.24, 2.45) is 0 Å².